The molecule has 0 amide bonds. The minimum absolute atomic E-state index is 0.0944. The summed E-state index contributed by atoms with van der Waals surface area (Å²) < 4.78 is 131. The van der Waals surface area contributed by atoms with Gasteiger partial charge in [-0.15, -0.1) is 0 Å². The molecular weight excluding hydrogens is 1770 g/mol. The van der Waals surface area contributed by atoms with Crippen molar-refractivity contribution in [3.8, 4) is 112 Å². The minimum atomic E-state index is -0.822. The minimum Gasteiger partial charge on any atom is -0.311 e. The van der Waals surface area contributed by atoms with Gasteiger partial charge in [-0.1, -0.05) is 472 Å². The summed E-state index contributed by atoms with van der Waals surface area (Å²) >= 11 is 0. The van der Waals surface area contributed by atoms with Crippen LogP contribution in [-0.2, 0) is 21.7 Å². The smallest absolute Gasteiger partial charge is 0.252 e. The number of hydrogen-bond acceptors (Lipinski definition) is 2. The molecule has 147 heavy (non-hydrogen) atoms. The van der Waals surface area contributed by atoms with Gasteiger partial charge in [0.15, 0.2) is 0 Å². The molecule has 0 spiro atoms. The van der Waals surface area contributed by atoms with Gasteiger partial charge in [0.25, 0.3) is 6.71 Å². The summed E-state index contributed by atoms with van der Waals surface area (Å²) in [5, 5.41) is 0.378. The van der Waals surface area contributed by atoms with E-state index >= 15 is 0 Å². The van der Waals surface area contributed by atoms with Crippen LogP contribution < -0.4 is 26.2 Å². The van der Waals surface area contributed by atoms with E-state index < -0.39 is 28.4 Å². The Kier molecular flexibility index (Phi) is 17.3. The van der Waals surface area contributed by atoms with Crippen molar-refractivity contribution < 1.29 is 16.4 Å². The van der Waals surface area contributed by atoms with Crippen molar-refractivity contribution in [2.24, 2.45) is 0 Å². The summed E-state index contributed by atoms with van der Waals surface area (Å²) in [6.07, 6.45) is 0. The van der Waals surface area contributed by atoms with Gasteiger partial charge in [-0.25, -0.2) is 0 Å². The van der Waals surface area contributed by atoms with Crippen molar-refractivity contribution in [3.63, 3.8) is 0 Å². The van der Waals surface area contributed by atoms with Crippen LogP contribution in [0.2, 0.25) is 0 Å². The van der Waals surface area contributed by atoms with E-state index in [-0.39, 0.29) is 138 Å². The molecule has 0 saturated carbocycles. The third-order valence-corrected chi connectivity index (χ3v) is 31.2. The number of para-hydroxylation sites is 2. The molecule has 4 heterocycles. The molecule has 2 aromatic heterocycles. The molecule has 24 aromatic rings. The molecule has 0 fully saturated rings. The standard InChI is InChI=1S/C142H103BN4/c1-139(2,3)108-79-102(80-109(89-108)140(4,5)6)103-87-136-138-137(88-103)147(129-62-38-34-56-113(129)101-68-72-117-115-58-32-36-60-123(115)142(125(117)82-101,106-51-27-13-28-52-106)107-53-29-14-30-54-107)135-91-111(145-132-85-98(94-43-19-9-20-44-94)65-75-120(132)121-76-66-99(86-133(121)145)95-45-21-10-22-46-95)70-78-127(135)143(138)126-77-69-110(144-130-83-96(92-39-15-7-16-40-92)63-73-118(130)119-74-64-97(84-131(119)144)93-41-17-8-18-42-93)90-134(126)146(136)128-61-37-33-55-112(128)100-67-71-116-114-57-31-35-59-122(114)141(124(116)81-100,104-47-23-11-24-48-104)105-49-25-12-26-50-105/h7-91H,1-6H3/i63D,64D,65D,66D,73D,74D,75D,76D,83D,84D,85D,86D. The Morgan fingerprint density at radius 3 is 0.823 bits per heavy atom. The van der Waals surface area contributed by atoms with Gasteiger partial charge in [0.1, 0.15) is 0 Å². The predicted octanol–water partition coefficient (Wildman–Crippen LogP) is 35.0. The van der Waals surface area contributed by atoms with Gasteiger partial charge >= 0.3 is 0 Å². The van der Waals surface area contributed by atoms with Gasteiger partial charge in [0.2, 0.25) is 0 Å². The maximum atomic E-state index is 11.0. The van der Waals surface area contributed by atoms with E-state index in [1.807, 2.05) is 143 Å². The lowest BCUT2D eigenvalue weighted by Crippen LogP contribution is -2.61. The normalized spacial score (nSPS) is 14.6. The van der Waals surface area contributed by atoms with Crippen LogP contribution in [0.25, 0.3) is 155 Å². The Morgan fingerprint density at radius 1 is 0.211 bits per heavy atom. The first-order chi connectivity index (χ1) is 77.2. The van der Waals surface area contributed by atoms with Crippen LogP contribution in [0.3, 0.4) is 0 Å². The maximum Gasteiger partial charge on any atom is 0.252 e. The molecule has 0 saturated heterocycles. The van der Waals surface area contributed by atoms with Gasteiger partial charge < -0.3 is 18.9 Å². The maximum absolute atomic E-state index is 11.0. The number of aromatic nitrogens is 2. The highest BCUT2D eigenvalue weighted by atomic mass is 15.2. The lowest BCUT2D eigenvalue weighted by atomic mass is 9.33. The van der Waals surface area contributed by atoms with Crippen LogP contribution >= 0.6 is 0 Å². The summed E-state index contributed by atoms with van der Waals surface area (Å²) in [5.74, 6) is 0. The molecule has 5 heteroatoms. The lowest BCUT2D eigenvalue weighted by Gasteiger charge is -2.45. The van der Waals surface area contributed by atoms with Crippen LogP contribution in [-0.4, -0.2) is 15.8 Å². The van der Waals surface area contributed by atoms with Crippen molar-refractivity contribution in [2.45, 2.75) is 63.2 Å². The largest absolute Gasteiger partial charge is 0.311 e. The van der Waals surface area contributed by atoms with E-state index in [2.05, 4.69) is 361 Å². The average molecular weight is 1890 g/mol. The van der Waals surface area contributed by atoms with Gasteiger partial charge in [0.05, 0.1) is 60.7 Å². The second-order valence-corrected chi connectivity index (χ2v) is 41.5. The van der Waals surface area contributed by atoms with E-state index in [9.17, 15) is 16.4 Å². The summed E-state index contributed by atoms with van der Waals surface area (Å²) in [6, 6.07) is 152. The summed E-state index contributed by atoms with van der Waals surface area (Å²) in [5.41, 5.74) is 30.1. The molecule has 22 aromatic carbocycles. The van der Waals surface area contributed by atoms with E-state index in [0.717, 1.165) is 150 Å². The first-order valence-electron chi connectivity index (χ1n) is 56.7. The number of anilines is 6. The molecule has 694 valence electrons. The van der Waals surface area contributed by atoms with Crippen LogP contribution in [0.1, 0.15) is 114 Å². The zero-order chi connectivity index (χ0) is 109. The third-order valence-electron chi connectivity index (χ3n) is 31.2. The SMILES string of the molecule is [2H]c1c(-c2ccccc2)c([2H])c2c(c1[2H])c1c([2H])c([2H])c(-c3ccccc3)c([2H])c1n2-c1ccc2c(c1)N(c1ccccc1-c1ccc3c(c1)C(c1ccccc1)(c1ccccc1)c1ccccc1-3)c1cc(-c3cc(C(C)(C)C)cc(C(C)(C)C)c3)cc3c1B2c1ccc(-n2c4c([2H])c(-c5ccccc5)c([2H])c([2H])c4c4c([2H])c([2H])c(-c5ccccc5)c([2H])c42)cc1N3c1ccccc1-c1ccc2c(c1)C(c1ccccc1)(c1ccccc1)c1ccccc1-2. The fourth-order valence-corrected chi connectivity index (χ4v) is 24.4. The fourth-order valence-electron chi connectivity index (χ4n) is 24.4. The molecule has 4 nitrogen and oxygen atoms in total. The molecule has 2 aliphatic heterocycles. The zero-order valence-electron chi connectivity index (χ0n) is 94.0. The first-order valence-corrected chi connectivity index (χ1v) is 50.7. The van der Waals surface area contributed by atoms with Crippen LogP contribution in [0, 0.1) is 0 Å². The van der Waals surface area contributed by atoms with Gasteiger partial charge in [0, 0.05) is 66.8 Å². The topological polar surface area (TPSA) is 16.3 Å². The van der Waals surface area contributed by atoms with Crippen LogP contribution in [0.5, 0.6) is 0 Å². The molecule has 4 aliphatic rings. The Hall–Kier alpha value is -17.9. The summed E-state index contributed by atoms with van der Waals surface area (Å²) in [7, 11) is 0. The van der Waals surface area contributed by atoms with E-state index in [4.69, 9.17) is 0 Å². The number of benzene rings is 22. The monoisotopic (exact) mass is 1890 g/mol. The van der Waals surface area contributed by atoms with Gasteiger partial charge in [-0.3, -0.25) is 0 Å². The first kappa shape index (κ1) is 75.0. The molecule has 0 radical (unpaired) electrons. The molecular formula is C142H103BN4. The van der Waals surface area contributed by atoms with E-state index in [1.54, 1.807) is 0 Å². The Morgan fingerprint density at radius 2 is 0.497 bits per heavy atom. The predicted molar refractivity (Wildman–Crippen MR) is 619 cm³/mol. The molecule has 0 N–H and O–H groups in total. The second kappa shape index (κ2) is 33.9. The molecule has 0 bridgehead atoms. The van der Waals surface area contributed by atoms with Gasteiger partial charge in [-0.05, 0) is 257 Å². The highest BCUT2D eigenvalue weighted by molar-refractivity contribution is 7.00. The van der Waals surface area contributed by atoms with Gasteiger partial charge in [-0.2, -0.15) is 0 Å². The average Bonchev–Trinajstić information content (AvgIpc) is 1.66. The number of hydrogen-bond donors (Lipinski definition) is 0. The Labute approximate surface area is 876 Å². The molecule has 2 aliphatic carbocycles. The highest BCUT2D eigenvalue weighted by Gasteiger charge is 2.50. The quantitative estimate of drug-likeness (QED) is 0.0951. The van der Waals surface area contributed by atoms with Crippen LogP contribution in [0.4, 0.5) is 34.1 Å². The summed E-state index contributed by atoms with van der Waals surface area (Å²) in [6.45, 7) is 12.9. The number of rotatable bonds is 15. The molecule has 28 rings (SSSR count). The van der Waals surface area contributed by atoms with E-state index in [0.29, 0.717) is 45.0 Å². The van der Waals surface area contributed by atoms with Crippen molar-refractivity contribution in [3.05, 3.63) is 571 Å². The van der Waals surface area contributed by atoms with Crippen molar-refractivity contribution >= 4 is 101 Å². The Balaban J connectivity index is 0.803. The number of nitrogens with zero attached hydrogens (tertiary/aromatic N) is 4. The molecule has 0 atom stereocenters. The number of fused-ring (bicyclic) bond motifs is 16. The van der Waals surface area contributed by atoms with Crippen molar-refractivity contribution in [1.82, 2.24) is 9.13 Å². The van der Waals surface area contributed by atoms with Crippen LogP contribution in [0.15, 0.2) is 515 Å². The fraction of sp³-hybridized carbons (Fsp3) is 0.0704. The Bertz CT molecular complexity index is 9340. The second-order valence-electron chi connectivity index (χ2n) is 41.5. The third kappa shape index (κ3) is 13.7. The zero-order valence-corrected chi connectivity index (χ0v) is 82.0. The van der Waals surface area contributed by atoms with Crippen molar-refractivity contribution in [2.75, 3.05) is 9.80 Å². The molecule has 0 unspecified atom stereocenters. The van der Waals surface area contributed by atoms with Crippen molar-refractivity contribution in [1.29, 1.82) is 0 Å². The van der Waals surface area contributed by atoms with E-state index in [1.165, 1.54) is 0 Å². The summed E-state index contributed by atoms with van der Waals surface area (Å²) in [4.78, 5) is 4.88. The lowest BCUT2D eigenvalue weighted by molar-refractivity contribution is 0.569. The highest BCUT2D eigenvalue weighted by Crippen LogP contribution is 2.61.